The maximum Gasteiger partial charge on any atom is 0.0748 e. The molecular weight excluding hydrogens is 542 g/mol. The lowest BCUT2D eigenvalue weighted by Crippen LogP contribution is -2.41. The van der Waals surface area contributed by atoms with Crippen LogP contribution in [0.5, 0.6) is 0 Å². The molecule has 0 saturated carbocycles. The molecule has 45 heavy (non-hydrogen) atoms. The third kappa shape index (κ3) is 3.87. The minimum absolute atomic E-state index is 0.503. The third-order valence-electron chi connectivity index (χ3n) is 9.74. The molecule has 1 spiro atoms. The van der Waals surface area contributed by atoms with Crippen molar-refractivity contribution in [2.75, 3.05) is 4.90 Å². The van der Waals surface area contributed by atoms with Gasteiger partial charge >= 0.3 is 0 Å². The number of hydrogen-bond donors (Lipinski definition) is 0. The summed E-state index contributed by atoms with van der Waals surface area (Å²) < 4.78 is 0. The van der Waals surface area contributed by atoms with Gasteiger partial charge < -0.3 is 4.90 Å². The van der Waals surface area contributed by atoms with Gasteiger partial charge in [-0.2, -0.15) is 0 Å². The van der Waals surface area contributed by atoms with Gasteiger partial charge in [0, 0.05) is 5.69 Å². The van der Waals surface area contributed by atoms with Gasteiger partial charge in [0.05, 0.1) is 16.8 Å². The van der Waals surface area contributed by atoms with E-state index in [9.17, 15) is 0 Å². The van der Waals surface area contributed by atoms with Crippen molar-refractivity contribution in [2.24, 2.45) is 0 Å². The number of fused-ring (bicyclic) bond motifs is 8. The molecule has 0 bridgehead atoms. The van der Waals surface area contributed by atoms with E-state index in [2.05, 4.69) is 181 Å². The van der Waals surface area contributed by atoms with E-state index < -0.39 is 5.41 Å². The van der Waals surface area contributed by atoms with Crippen LogP contribution in [0, 0.1) is 0 Å². The summed E-state index contributed by atoms with van der Waals surface area (Å²) >= 11 is 0. The second kappa shape index (κ2) is 10.2. The summed E-state index contributed by atoms with van der Waals surface area (Å²) in [7, 11) is 0. The van der Waals surface area contributed by atoms with Crippen LogP contribution in [0.3, 0.4) is 0 Å². The van der Waals surface area contributed by atoms with Crippen molar-refractivity contribution in [2.45, 2.75) is 11.8 Å². The Labute approximate surface area is 264 Å². The predicted molar refractivity (Wildman–Crippen MR) is 187 cm³/mol. The zero-order valence-electron chi connectivity index (χ0n) is 24.9. The van der Waals surface area contributed by atoms with Crippen molar-refractivity contribution >= 4 is 17.1 Å². The van der Waals surface area contributed by atoms with Crippen LogP contribution in [0.15, 0.2) is 176 Å². The Hall–Kier alpha value is -5.66. The van der Waals surface area contributed by atoms with Crippen molar-refractivity contribution in [3.05, 3.63) is 209 Å². The van der Waals surface area contributed by atoms with Crippen molar-refractivity contribution in [1.29, 1.82) is 0 Å². The van der Waals surface area contributed by atoms with E-state index in [-0.39, 0.29) is 0 Å². The average molecular weight is 574 g/mol. The molecule has 1 aliphatic carbocycles. The first kappa shape index (κ1) is 25.8. The molecule has 0 radical (unpaired) electrons. The van der Waals surface area contributed by atoms with Gasteiger partial charge in [-0.3, -0.25) is 0 Å². The van der Waals surface area contributed by atoms with Crippen LogP contribution in [0.4, 0.5) is 17.1 Å². The number of hydrogen-bond acceptors (Lipinski definition) is 1. The number of nitrogens with zero attached hydrogens (tertiary/aromatic N) is 1. The molecule has 212 valence electrons. The van der Waals surface area contributed by atoms with Crippen molar-refractivity contribution in [1.82, 2.24) is 0 Å². The van der Waals surface area contributed by atoms with Gasteiger partial charge in [-0.15, -0.1) is 0 Å². The van der Waals surface area contributed by atoms with E-state index in [1.54, 1.807) is 0 Å². The molecule has 1 heteroatoms. The minimum Gasteiger partial charge on any atom is -0.310 e. The lowest BCUT2D eigenvalue weighted by Gasteiger charge is -2.49. The quantitative estimate of drug-likeness (QED) is 0.203. The maximum atomic E-state index is 2.48. The van der Waals surface area contributed by atoms with Crippen LogP contribution >= 0.6 is 0 Å². The van der Waals surface area contributed by atoms with Gasteiger partial charge in [0.25, 0.3) is 0 Å². The molecule has 0 fully saturated rings. The van der Waals surface area contributed by atoms with Gasteiger partial charge in [-0.05, 0) is 98.5 Å². The number of rotatable bonds is 3. The first-order valence-electron chi connectivity index (χ1n) is 15.7. The van der Waals surface area contributed by atoms with Gasteiger partial charge in [-0.25, -0.2) is 0 Å². The number of benzene rings is 7. The van der Waals surface area contributed by atoms with Crippen LogP contribution < -0.4 is 4.90 Å². The Morgan fingerprint density at radius 1 is 0.356 bits per heavy atom. The van der Waals surface area contributed by atoms with E-state index >= 15 is 0 Å². The Morgan fingerprint density at radius 3 is 1.27 bits per heavy atom. The number of anilines is 3. The lowest BCUT2D eigenvalue weighted by molar-refractivity contribution is 0.693. The molecule has 0 saturated heterocycles. The van der Waals surface area contributed by atoms with E-state index in [4.69, 9.17) is 0 Å². The lowest BCUT2D eigenvalue weighted by atomic mass is 9.57. The molecule has 0 aromatic heterocycles. The fraction of sp³-hybridized carbons (Fsp3) is 0.0455. The zero-order chi connectivity index (χ0) is 29.8. The van der Waals surface area contributed by atoms with Crippen LogP contribution in [-0.2, 0) is 11.8 Å². The molecule has 1 nitrogen and oxygen atoms in total. The van der Waals surface area contributed by atoms with E-state index in [1.165, 1.54) is 72.7 Å². The highest BCUT2D eigenvalue weighted by molar-refractivity contribution is 5.91. The summed E-state index contributed by atoms with van der Waals surface area (Å²) in [5.41, 5.74) is 16.2. The van der Waals surface area contributed by atoms with Gasteiger partial charge in [0.1, 0.15) is 0 Å². The molecular formula is C44H31N. The molecule has 1 heterocycles. The summed E-state index contributed by atoms with van der Waals surface area (Å²) in [6.45, 7) is 0. The van der Waals surface area contributed by atoms with Crippen LogP contribution in [-0.4, -0.2) is 0 Å². The molecule has 0 N–H and O–H groups in total. The largest absolute Gasteiger partial charge is 0.310 e. The molecule has 0 atom stereocenters. The topological polar surface area (TPSA) is 3.24 Å². The summed E-state index contributed by atoms with van der Waals surface area (Å²) in [6.07, 6.45) is 0.906. The first-order valence-corrected chi connectivity index (χ1v) is 15.7. The fourth-order valence-corrected chi connectivity index (χ4v) is 7.81. The minimum atomic E-state index is -0.503. The van der Waals surface area contributed by atoms with Crippen LogP contribution in [0.2, 0.25) is 0 Å². The van der Waals surface area contributed by atoms with E-state index in [0.717, 1.165) is 6.42 Å². The van der Waals surface area contributed by atoms with Crippen molar-refractivity contribution in [3.8, 4) is 22.3 Å². The van der Waals surface area contributed by atoms with Gasteiger partial charge in [0.2, 0.25) is 0 Å². The molecule has 0 amide bonds. The second-order valence-electron chi connectivity index (χ2n) is 12.1. The Bertz CT molecular complexity index is 2040. The molecule has 7 aromatic rings. The highest BCUT2D eigenvalue weighted by Crippen LogP contribution is 2.60. The molecule has 0 unspecified atom stereocenters. The van der Waals surface area contributed by atoms with Crippen molar-refractivity contribution in [3.63, 3.8) is 0 Å². The molecule has 7 aromatic carbocycles. The normalized spacial score (nSPS) is 13.8. The Morgan fingerprint density at radius 2 is 0.778 bits per heavy atom. The Kier molecular flexibility index (Phi) is 5.86. The monoisotopic (exact) mass is 573 g/mol. The summed E-state index contributed by atoms with van der Waals surface area (Å²) in [5, 5.41) is 0. The SMILES string of the molecule is c1ccc(-c2ccc3c(c2)C2(c4cc(-c5ccccc5)ccc4C3)c3ccccc3N(c3ccccc3)c3ccccc32)cc1. The molecule has 9 rings (SSSR count). The summed E-state index contributed by atoms with van der Waals surface area (Å²) in [5.74, 6) is 0. The highest BCUT2D eigenvalue weighted by atomic mass is 15.2. The Balaban J connectivity index is 1.42. The van der Waals surface area contributed by atoms with Crippen LogP contribution in [0.1, 0.15) is 33.4 Å². The fourth-order valence-electron chi connectivity index (χ4n) is 7.81. The molecule has 1 aliphatic heterocycles. The number of para-hydroxylation sites is 3. The first-order chi connectivity index (χ1) is 22.3. The highest BCUT2D eigenvalue weighted by Gasteiger charge is 2.50. The summed E-state index contributed by atoms with van der Waals surface area (Å²) in [6, 6.07) is 64.9. The van der Waals surface area contributed by atoms with Gasteiger partial charge in [0.15, 0.2) is 0 Å². The van der Waals surface area contributed by atoms with E-state index in [1.807, 2.05) is 0 Å². The maximum absolute atomic E-state index is 2.48. The molecule has 2 aliphatic rings. The second-order valence-corrected chi connectivity index (χ2v) is 12.1. The van der Waals surface area contributed by atoms with Crippen LogP contribution in [0.25, 0.3) is 22.3 Å². The van der Waals surface area contributed by atoms with Gasteiger partial charge in [-0.1, -0.05) is 140 Å². The predicted octanol–water partition coefficient (Wildman–Crippen LogP) is 11.1. The van der Waals surface area contributed by atoms with E-state index in [0.29, 0.717) is 0 Å². The standard InChI is InChI=1S/C44H31N/c1-4-14-31(15-5-1)33-24-26-35-28-36-27-25-34(32-16-6-2-7-17-32)30-41(36)44(40(35)29-33)38-20-10-12-22-42(38)45(37-18-8-3-9-19-37)43-23-13-11-21-39(43)44/h1-27,29-30H,28H2. The smallest absolute Gasteiger partial charge is 0.0748 e. The average Bonchev–Trinajstić information content (AvgIpc) is 3.12. The summed E-state index contributed by atoms with van der Waals surface area (Å²) in [4.78, 5) is 2.45. The third-order valence-corrected chi connectivity index (χ3v) is 9.74. The zero-order valence-corrected chi connectivity index (χ0v) is 24.9. The van der Waals surface area contributed by atoms with Crippen molar-refractivity contribution < 1.29 is 0 Å².